The molecule has 0 aromatic heterocycles. The molecular weight excluding hydrogens is 635 g/mol. The molecule has 3 saturated heterocycles. The van der Waals surface area contributed by atoms with Gasteiger partial charge in [-0.15, -0.1) is 0 Å². The number of anilines is 2. The van der Waals surface area contributed by atoms with Crippen LogP contribution in [0.2, 0.25) is 18.6 Å². The summed E-state index contributed by atoms with van der Waals surface area (Å²) >= 11 is 0. The number of carbonyl (C=O) groups is 3. The summed E-state index contributed by atoms with van der Waals surface area (Å²) in [4.78, 5) is 47.1. The van der Waals surface area contributed by atoms with Crippen molar-refractivity contribution in [1.29, 1.82) is 0 Å². The Morgan fingerprint density at radius 3 is 2.51 bits per heavy atom. The third kappa shape index (κ3) is 5.58. The van der Waals surface area contributed by atoms with Gasteiger partial charge in [0.1, 0.15) is 5.75 Å². The first-order chi connectivity index (χ1) is 23.6. The second kappa shape index (κ2) is 13.0. The molecule has 0 saturated carbocycles. The normalized spacial score (nSPS) is 26.7. The van der Waals surface area contributed by atoms with E-state index in [1.165, 1.54) is 5.19 Å². The lowest BCUT2D eigenvalue weighted by Gasteiger charge is -2.37. The van der Waals surface area contributed by atoms with Crippen LogP contribution in [0.15, 0.2) is 72.8 Å². The largest absolute Gasteiger partial charge is 0.497 e. The fourth-order valence-electron chi connectivity index (χ4n) is 9.19. The van der Waals surface area contributed by atoms with E-state index in [-0.39, 0.29) is 48.3 Å². The molecule has 3 fully saturated rings. The van der Waals surface area contributed by atoms with Crippen LogP contribution in [0.25, 0.3) is 0 Å². The molecule has 3 aromatic rings. The van der Waals surface area contributed by atoms with E-state index < -0.39 is 19.8 Å². The van der Waals surface area contributed by atoms with Crippen molar-refractivity contribution in [2.45, 2.75) is 82.0 Å². The number of aliphatic hydroxyl groups is 1. The minimum Gasteiger partial charge on any atom is -0.497 e. The lowest BCUT2D eigenvalue weighted by atomic mass is 9.82. The highest BCUT2D eigenvalue weighted by molar-refractivity contribution is 6.91. The minimum absolute atomic E-state index is 0.0285. The summed E-state index contributed by atoms with van der Waals surface area (Å²) in [5.41, 5.74) is 2.12. The van der Waals surface area contributed by atoms with E-state index in [4.69, 9.17) is 9.47 Å². The number of para-hydroxylation sites is 1. The van der Waals surface area contributed by atoms with Crippen molar-refractivity contribution in [3.05, 3.63) is 83.9 Å². The Kier molecular flexibility index (Phi) is 8.92. The monoisotopic (exact) mass is 681 g/mol. The molecule has 7 rings (SSSR count). The number of likely N-dealkylation sites (tertiary alicyclic amines) is 1. The van der Waals surface area contributed by atoms with Crippen LogP contribution in [0, 0.1) is 5.92 Å². The van der Waals surface area contributed by atoms with Crippen LogP contribution in [0.5, 0.6) is 5.75 Å². The molecule has 5 atom stereocenters. The number of hydrogen-bond donors (Lipinski definition) is 1. The second-order valence-electron chi connectivity index (χ2n) is 14.7. The molecule has 3 amide bonds. The first-order valence-electron chi connectivity index (χ1n) is 17.6. The maximum Gasteiger partial charge on any atom is 0.264 e. The highest BCUT2D eigenvalue weighted by atomic mass is 28.3. The fourth-order valence-corrected chi connectivity index (χ4v) is 13.2. The first kappa shape index (κ1) is 33.5. The number of nitrogens with zero attached hydrogens (tertiary/aromatic N) is 3. The van der Waals surface area contributed by atoms with Crippen LogP contribution < -0.4 is 19.7 Å². The number of amides is 3. The number of rotatable bonds is 9. The topological polar surface area (TPSA) is 99.6 Å². The van der Waals surface area contributed by atoms with Crippen molar-refractivity contribution in [3.8, 4) is 5.75 Å². The molecule has 4 aliphatic heterocycles. The lowest BCUT2D eigenvalue weighted by Crippen LogP contribution is -2.52. The van der Waals surface area contributed by atoms with Gasteiger partial charge in [-0.2, -0.15) is 0 Å². The first-order valence-corrected chi connectivity index (χ1v) is 20.7. The number of ether oxygens (including phenoxy) is 2. The molecule has 4 heterocycles. The molecule has 0 unspecified atom stereocenters. The number of aliphatic hydroxyl groups excluding tert-OH is 1. The van der Waals surface area contributed by atoms with Gasteiger partial charge >= 0.3 is 0 Å². The van der Waals surface area contributed by atoms with Gasteiger partial charge < -0.3 is 29.3 Å². The molecular formula is C39H47N3O6Si. The molecule has 3 aromatic carbocycles. The van der Waals surface area contributed by atoms with Gasteiger partial charge in [-0.25, -0.2) is 0 Å². The summed E-state index contributed by atoms with van der Waals surface area (Å²) < 4.78 is 12.6. The van der Waals surface area contributed by atoms with Crippen LogP contribution >= 0.6 is 0 Å². The van der Waals surface area contributed by atoms with Crippen molar-refractivity contribution in [1.82, 2.24) is 4.90 Å². The van der Waals surface area contributed by atoms with Gasteiger partial charge in [-0.3, -0.25) is 14.4 Å². The Morgan fingerprint density at radius 1 is 1.02 bits per heavy atom. The van der Waals surface area contributed by atoms with E-state index in [2.05, 4.69) is 32.2 Å². The molecule has 0 radical (unpaired) electrons. The fraction of sp³-hybridized carbons (Fsp3) is 0.462. The van der Waals surface area contributed by atoms with Crippen LogP contribution in [-0.4, -0.2) is 74.8 Å². The Balaban J connectivity index is 1.27. The van der Waals surface area contributed by atoms with Gasteiger partial charge in [0.05, 0.1) is 52.6 Å². The molecule has 1 N–H and O–H groups in total. The Bertz CT molecular complexity index is 1750. The zero-order valence-corrected chi connectivity index (χ0v) is 29.9. The van der Waals surface area contributed by atoms with Gasteiger partial charge in [0.25, 0.3) is 5.91 Å². The van der Waals surface area contributed by atoms with Gasteiger partial charge in [0, 0.05) is 36.7 Å². The Morgan fingerprint density at radius 2 is 1.80 bits per heavy atom. The molecule has 49 heavy (non-hydrogen) atoms. The number of hydrogen-bond acceptors (Lipinski definition) is 6. The van der Waals surface area contributed by atoms with Crippen molar-refractivity contribution in [3.63, 3.8) is 0 Å². The standard InChI is InChI=1S/C39H47N3O6Si/c1-26-37(49(3,4)31-18-16-30(47-2)17-19-31)34(23-36(45)41-20-8-12-29(41)25-43)48-39(26)32-13-5-6-14-33(32)42(38(39)46)24-27-10-7-11-28(22-27)40-21-9-15-35(40)44/h5-7,10-11,13-14,16-19,22,26,29,34,37,43H,8-9,12,15,20-21,23-25H2,1-4H3/t26-,29-,34+,37-,39+/m0/s1. The third-order valence-corrected chi connectivity index (χ3v) is 16.0. The van der Waals surface area contributed by atoms with Gasteiger partial charge in [0.15, 0.2) is 5.60 Å². The number of fused-ring (bicyclic) bond motifs is 2. The quantitative estimate of drug-likeness (QED) is 0.321. The van der Waals surface area contributed by atoms with E-state index in [9.17, 15) is 14.7 Å². The molecule has 0 bridgehead atoms. The van der Waals surface area contributed by atoms with Gasteiger partial charge in [-0.1, -0.05) is 67.7 Å². The third-order valence-electron chi connectivity index (χ3n) is 11.7. The van der Waals surface area contributed by atoms with Crippen molar-refractivity contribution in [2.24, 2.45) is 5.92 Å². The molecule has 258 valence electrons. The zero-order valence-electron chi connectivity index (χ0n) is 28.9. The number of carbonyl (C=O) groups excluding carboxylic acids is 3. The Hall–Kier alpha value is -3.99. The number of methoxy groups -OCH3 is 1. The van der Waals surface area contributed by atoms with Crippen molar-refractivity contribution < 1.29 is 29.0 Å². The maximum atomic E-state index is 15.1. The van der Waals surface area contributed by atoms with E-state index in [1.807, 2.05) is 75.4 Å². The van der Waals surface area contributed by atoms with Crippen LogP contribution in [0.3, 0.4) is 0 Å². The highest BCUT2D eigenvalue weighted by Crippen LogP contribution is 2.60. The summed E-state index contributed by atoms with van der Waals surface area (Å²) in [5.74, 6) is 0.539. The molecule has 9 nitrogen and oxygen atoms in total. The maximum absolute atomic E-state index is 15.1. The predicted octanol–water partition coefficient (Wildman–Crippen LogP) is 4.96. The average molecular weight is 682 g/mol. The summed E-state index contributed by atoms with van der Waals surface area (Å²) in [6, 6.07) is 23.9. The van der Waals surface area contributed by atoms with Crippen LogP contribution in [-0.2, 0) is 31.3 Å². The summed E-state index contributed by atoms with van der Waals surface area (Å²) in [6.07, 6.45) is 2.72. The molecule has 0 aliphatic carbocycles. The molecule has 10 heteroatoms. The second-order valence-corrected chi connectivity index (χ2v) is 19.3. The lowest BCUT2D eigenvalue weighted by molar-refractivity contribution is -0.150. The van der Waals surface area contributed by atoms with Gasteiger partial charge in [-0.05, 0) is 60.7 Å². The van der Waals surface area contributed by atoms with E-state index in [1.54, 1.807) is 7.11 Å². The van der Waals surface area contributed by atoms with E-state index in [0.717, 1.165) is 47.5 Å². The SMILES string of the molecule is COc1ccc([Si](C)(C)[C@@H]2[C@@H](CC(=O)N3CCC[C@H]3CO)O[C@]3(C(=O)N(Cc4cccc(N5CCCC5=O)c4)c4ccccc43)[C@H]2C)cc1. The smallest absolute Gasteiger partial charge is 0.264 e. The Labute approximate surface area is 289 Å². The minimum atomic E-state index is -2.42. The summed E-state index contributed by atoms with van der Waals surface area (Å²) in [6.45, 7) is 8.38. The van der Waals surface area contributed by atoms with Crippen LogP contribution in [0.1, 0.15) is 50.2 Å². The average Bonchev–Trinajstić information content (AvgIpc) is 3.88. The summed E-state index contributed by atoms with van der Waals surface area (Å²) in [7, 11) is -0.761. The van der Waals surface area contributed by atoms with E-state index in [0.29, 0.717) is 26.1 Å². The molecule has 4 aliphatic rings. The van der Waals surface area contributed by atoms with Gasteiger partial charge in [0.2, 0.25) is 11.8 Å². The molecule has 1 spiro atoms. The summed E-state index contributed by atoms with van der Waals surface area (Å²) in [5, 5.41) is 11.2. The van der Waals surface area contributed by atoms with E-state index >= 15 is 4.79 Å². The number of benzene rings is 3. The predicted molar refractivity (Wildman–Crippen MR) is 192 cm³/mol. The highest BCUT2D eigenvalue weighted by Gasteiger charge is 2.66. The zero-order chi connectivity index (χ0) is 34.5. The van der Waals surface area contributed by atoms with Crippen molar-refractivity contribution >= 4 is 42.4 Å². The van der Waals surface area contributed by atoms with Crippen LogP contribution in [0.4, 0.5) is 11.4 Å². The van der Waals surface area contributed by atoms with Crippen molar-refractivity contribution in [2.75, 3.05) is 36.6 Å².